The molecule has 3 N–H and O–H groups in total. The molecule has 1 fully saturated rings. The number of rotatable bonds is 6. The van der Waals surface area contributed by atoms with E-state index in [0.29, 0.717) is 10.0 Å². The van der Waals surface area contributed by atoms with E-state index < -0.39 is 22.1 Å². The largest absolute Gasteiger partial charge is 0.598 e. The third-order valence-electron chi connectivity index (χ3n) is 7.77. The summed E-state index contributed by atoms with van der Waals surface area (Å²) in [7, 11) is 0. The van der Waals surface area contributed by atoms with E-state index in [2.05, 4.69) is 37.5 Å². The molecule has 5 rings (SSSR count). The van der Waals surface area contributed by atoms with Crippen molar-refractivity contribution in [2.75, 3.05) is 30.3 Å². The van der Waals surface area contributed by atoms with E-state index in [9.17, 15) is 9.35 Å². The first-order valence-corrected chi connectivity index (χ1v) is 16.5. The van der Waals surface area contributed by atoms with E-state index in [0.717, 1.165) is 54.2 Å². The highest BCUT2D eigenvalue weighted by molar-refractivity contribution is 7.99. The van der Waals surface area contributed by atoms with E-state index in [4.69, 9.17) is 27.1 Å². The van der Waals surface area contributed by atoms with Gasteiger partial charge in [0.2, 0.25) is 0 Å². The Morgan fingerprint density at radius 1 is 1.26 bits per heavy atom. The van der Waals surface area contributed by atoms with Crippen LogP contribution in [0.25, 0.3) is 0 Å². The van der Waals surface area contributed by atoms with Crippen molar-refractivity contribution >= 4 is 52.3 Å². The van der Waals surface area contributed by atoms with Gasteiger partial charge in [0.25, 0.3) is 0 Å². The molecule has 1 aliphatic heterocycles. The van der Waals surface area contributed by atoms with Crippen molar-refractivity contribution in [1.82, 2.24) is 19.7 Å². The number of hydrogen-bond donors (Lipinski definition) is 2. The summed E-state index contributed by atoms with van der Waals surface area (Å²) in [4.78, 5) is 28.2. The molecule has 2 aromatic heterocycles. The zero-order valence-corrected chi connectivity index (χ0v) is 27.0. The van der Waals surface area contributed by atoms with Gasteiger partial charge in [0.1, 0.15) is 21.4 Å². The van der Waals surface area contributed by atoms with Crippen molar-refractivity contribution in [3.8, 4) is 11.8 Å². The first-order valence-electron chi connectivity index (χ1n) is 14.1. The number of benzene rings is 1. The average molecular weight is 639 g/mol. The van der Waals surface area contributed by atoms with Crippen LogP contribution in [0.4, 0.5) is 11.6 Å². The highest BCUT2D eigenvalue weighted by Crippen LogP contribution is 2.53. The Kier molecular flexibility index (Phi) is 9.44. The Bertz CT molecular complexity index is 1550. The minimum atomic E-state index is -1.27. The highest BCUT2D eigenvalue weighted by atomic mass is 35.5. The molecule has 1 saturated heterocycles. The Hall–Kier alpha value is -3.01. The molecule has 43 heavy (non-hydrogen) atoms. The van der Waals surface area contributed by atoms with Gasteiger partial charge in [0, 0.05) is 52.4 Å². The van der Waals surface area contributed by atoms with Gasteiger partial charge in [0.15, 0.2) is 0 Å². The topological polar surface area (TPSA) is 129 Å². The smallest absolute Gasteiger partial charge is 0.384 e. The summed E-state index contributed by atoms with van der Waals surface area (Å²) < 4.78 is 21.4. The summed E-state index contributed by atoms with van der Waals surface area (Å²) in [5, 5.41) is 1.12. The SMILES string of the molecule is CCOC(=O)C#Cc1ccc2c(c1)[C@@H](N[S@+]([O-])C(C)(C)C)C1(CCN(c3cnc(Sc4ccnc(N)c4Cl)cn3)CC1)C2. The summed E-state index contributed by atoms with van der Waals surface area (Å²) in [6.07, 6.45) is 7.80. The van der Waals surface area contributed by atoms with Crippen LogP contribution in [0.5, 0.6) is 0 Å². The van der Waals surface area contributed by atoms with Crippen LogP contribution in [-0.4, -0.2) is 49.9 Å². The number of nitrogens with one attached hydrogen (secondary N) is 1. The second-order valence-corrected chi connectivity index (χ2v) is 15.1. The van der Waals surface area contributed by atoms with Gasteiger partial charge in [-0.3, -0.25) is 0 Å². The third kappa shape index (κ3) is 7.05. The predicted molar refractivity (Wildman–Crippen MR) is 171 cm³/mol. The zero-order valence-electron chi connectivity index (χ0n) is 24.6. The number of fused-ring (bicyclic) bond motifs is 1. The number of nitrogen functional groups attached to an aromatic ring is 1. The van der Waals surface area contributed by atoms with Crippen LogP contribution in [0, 0.1) is 17.3 Å². The Balaban J connectivity index is 1.33. The van der Waals surface area contributed by atoms with Crippen molar-refractivity contribution in [2.24, 2.45) is 5.41 Å². The fraction of sp³-hybridized carbons (Fsp3) is 0.419. The summed E-state index contributed by atoms with van der Waals surface area (Å²) in [6, 6.07) is 7.75. The molecule has 0 amide bonds. The number of nitrogens with two attached hydrogens (primary N) is 1. The molecule has 1 spiro atoms. The molecule has 1 aliphatic carbocycles. The number of piperidine rings is 1. The monoisotopic (exact) mass is 638 g/mol. The minimum absolute atomic E-state index is 0.114. The van der Waals surface area contributed by atoms with Crippen LogP contribution in [0.1, 0.15) is 63.3 Å². The van der Waals surface area contributed by atoms with Crippen LogP contribution in [0.3, 0.4) is 0 Å². The molecule has 9 nitrogen and oxygen atoms in total. The summed E-state index contributed by atoms with van der Waals surface area (Å²) >= 11 is 6.41. The molecular weight excluding hydrogens is 604 g/mol. The number of esters is 1. The number of hydrogen-bond acceptors (Lipinski definition) is 10. The van der Waals surface area contributed by atoms with Gasteiger partial charge in [-0.05, 0) is 76.3 Å². The zero-order chi connectivity index (χ0) is 30.8. The Morgan fingerprint density at radius 3 is 2.70 bits per heavy atom. The molecule has 0 unspecified atom stereocenters. The second kappa shape index (κ2) is 12.9. The lowest BCUT2D eigenvalue weighted by molar-refractivity contribution is -0.136. The maximum Gasteiger partial charge on any atom is 0.384 e. The predicted octanol–water partition coefficient (Wildman–Crippen LogP) is 5.11. The van der Waals surface area contributed by atoms with Gasteiger partial charge in [-0.25, -0.2) is 19.7 Å². The van der Waals surface area contributed by atoms with Crippen molar-refractivity contribution in [3.63, 3.8) is 0 Å². The number of nitrogens with zero attached hydrogens (tertiary/aromatic N) is 4. The standard InChI is InChI=1S/C31H35ClN6O3S2/c1-5-41-26(39)9-7-20-6-8-21-17-31(28(22(21)16-20)37-43(40)30(2,3)4)11-14-38(15-12-31)24-18-36-25(19-35-24)42-23-10-13-34-29(33)27(23)32/h6,8,10,13,16,18-19,28,37H,5,11-12,14-15,17H2,1-4H3,(H2,33,34)/t28-,43-/m1/s1. The average Bonchev–Trinajstić information content (AvgIpc) is 3.26. The summed E-state index contributed by atoms with van der Waals surface area (Å²) in [5.41, 5.74) is 8.76. The Morgan fingerprint density at radius 2 is 2.02 bits per heavy atom. The molecule has 0 bridgehead atoms. The fourth-order valence-electron chi connectivity index (χ4n) is 5.48. The normalized spacial score (nSPS) is 18.1. The molecule has 1 aromatic carbocycles. The molecule has 12 heteroatoms. The number of ether oxygens (including phenoxy) is 1. The first-order chi connectivity index (χ1) is 20.5. The van der Waals surface area contributed by atoms with Gasteiger partial charge >= 0.3 is 5.97 Å². The quantitative estimate of drug-likeness (QED) is 0.213. The first kappa shape index (κ1) is 31.4. The maximum atomic E-state index is 13.4. The number of aromatic nitrogens is 3. The molecule has 3 aromatic rings. The molecule has 226 valence electrons. The van der Waals surface area contributed by atoms with Crippen molar-refractivity contribution < 1.29 is 14.1 Å². The lowest BCUT2D eigenvalue weighted by Crippen LogP contribution is -2.49. The number of carbonyl (C=O) groups is 1. The molecular formula is C31H35ClN6O3S2. The lowest BCUT2D eigenvalue weighted by Gasteiger charge is -2.44. The third-order valence-corrected chi connectivity index (χ3v) is 10.8. The van der Waals surface area contributed by atoms with E-state index in [1.807, 2.05) is 32.9 Å². The van der Waals surface area contributed by atoms with Crippen molar-refractivity contribution in [3.05, 3.63) is 64.6 Å². The molecule has 0 radical (unpaired) electrons. The summed E-state index contributed by atoms with van der Waals surface area (Å²) in [5.74, 6) is 6.05. The minimum Gasteiger partial charge on any atom is -0.598 e. The molecule has 2 aliphatic rings. The van der Waals surface area contributed by atoms with Crippen LogP contribution >= 0.6 is 23.4 Å². The molecule has 0 saturated carbocycles. The van der Waals surface area contributed by atoms with Crippen molar-refractivity contribution in [2.45, 2.75) is 67.7 Å². The highest BCUT2D eigenvalue weighted by Gasteiger charge is 2.50. The lowest BCUT2D eigenvalue weighted by atomic mass is 9.73. The van der Waals surface area contributed by atoms with Crippen LogP contribution < -0.4 is 15.4 Å². The van der Waals surface area contributed by atoms with Crippen LogP contribution in [0.2, 0.25) is 5.02 Å². The molecule has 2 atom stereocenters. The van der Waals surface area contributed by atoms with E-state index >= 15 is 0 Å². The van der Waals surface area contributed by atoms with E-state index in [-0.39, 0.29) is 23.9 Å². The van der Waals surface area contributed by atoms with Gasteiger partial charge in [-0.2, -0.15) is 0 Å². The second-order valence-electron chi connectivity index (χ2n) is 11.7. The van der Waals surface area contributed by atoms with Gasteiger partial charge < -0.3 is 19.9 Å². The number of anilines is 2. The number of pyridine rings is 1. The van der Waals surface area contributed by atoms with Gasteiger partial charge in [-0.15, -0.1) is 4.72 Å². The fourth-order valence-corrected chi connectivity index (χ4v) is 7.41. The van der Waals surface area contributed by atoms with Crippen LogP contribution in [0.15, 0.2) is 52.8 Å². The maximum absolute atomic E-state index is 13.4. The van der Waals surface area contributed by atoms with E-state index in [1.54, 1.807) is 31.6 Å². The Labute approximate surface area is 265 Å². The van der Waals surface area contributed by atoms with Gasteiger partial charge in [-0.1, -0.05) is 35.3 Å². The van der Waals surface area contributed by atoms with Crippen LogP contribution in [-0.2, 0) is 27.3 Å². The molecule has 3 heterocycles. The number of carbonyl (C=O) groups excluding carboxylic acids is 1. The van der Waals surface area contributed by atoms with Crippen molar-refractivity contribution in [1.29, 1.82) is 0 Å². The van der Waals surface area contributed by atoms with E-state index in [1.165, 1.54) is 17.3 Å². The van der Waals surface area contributed by atoms with Gasteiger partial charge in [0.05, 0.1) is 30.1 Å². The number of halogens is 1. The summed E-state index contributed by atoms with van der Waals surface area (Å²) in [6.45, 7) is 9.54.